The van der Waals surface area contributed by atoms with E-state index in [2.05, 4.69) is 36.2 Å². The van der Waals surface area contributed by atoms with E-state index in [-0.39, 0.29) is 63.2 Å². The Hall–Kier alpha value is -4.83. The Kier molecular flexibility index (Phi) is 23.2. The van der Waals surface area contributed by atoms with Gasteiger partial charge in [-0.2, -0.15) is 0 Å². The van der Waals surface area contributed by atoms with Crippen molar-refractivity contribution >= 4 is 46.8 Å². The number of nitrogen functional groups attached to an aromatic ring is 1. The van der Waals surface area contributed by atoms with Crippen LogP contribution in [0.4, 0.5) is 11.4 Å². The number of esters is 4. The Morgan fingerprint density at radius 1 is 0.617 bits per heavy atom. The molecule has 2 aliphatic rings. The number of nitrogens with zero attached hydrogens (tertiary/aromatic N) is 2. The predicted molar refractivity (Wildman–Crippen MR) is 225 cm³/mol. The van der Waals surface area contributed by atoms with Gasteiger partial charge in [0.05, 0.1) is 84.1 Å². The number of carbonyl (C=O) groups excluding carboxylic acids is 6. The van der Waals surface area contributed by atoms with Crippen LogP contribution in [0.1, 0.15) is 94.7 Å². The first kappa shape index (κ1) is 51.3. The molecule has 0 amide bonds. The molecule has 328 valence electrons. The van der Waals surface area contributed by atoms with E-state index in [0.717, 1.165) is 48.2 Å². The molecule has 14 heteroatoms. The van der Waals surface area contributed by atoms with Crippen molar-refractivity contribution in [3.8, 4) is 0 Å². The third kappa shape index (κ3) is 17.8. The molecule has 0 aromatic heterocycles. The minimum atomic E-state index is -0.670. The monoisotopic (exact) mass is 943 g/mol. The summed E-state index contributed by atoms with van der Waals surface area (Å²) >= 11 is 0. The molecular weight excluding hydrogens is 881 g/mol. The topological polar surface area (TPSA) is 169 Å². The Morgan fingerprint density at radius 3 is 1.47 bits per heavy atom. The average Bonchev–Trinajstić information content (AvgIpc) is 3.22. The van der Waals surface area contributed by atoms with Crippen LogP contribution in [0.5, 0.6) is 0 Å². The second-order valence-electron chi connectivity index (χ2n) is 14.7. The third-order valence-corrected chi connectivity index (χ3v) is 10.1. The molecular formula is C46H62IN3O10. The number of hydrogen-bond acceptors (Lipinski definition) is 12. The van der Waals surface area contributed by atoms with Crippen molar-refractivity contribution < 1.29 is 76.2 Å². The number of nitrogens with two attached hydrogens (primary N) is 1. The second kappa shape index (κ2) is 27.1. The lowest BCUT2D eigenvalue weighted by atomic mass is 9.95. The molecule has 2 saturated heterocycles. The number of likely N-dealkylation sites (tertiary alicyclic amines) is 1. The highest BCUT2D eigenvalue weighted by molar-refractivity contribution is 5.85. The summed E-state index contributed by atoms with van der Waals surface area (Å²) in [7, 11) is 2.25. The molecule has 2 unspecified atom stereocenters. The largest absolute Gasteiger partial charge is 1.00 e. The smallest absolute Gasteiger partial charge is 0.313 e. The molecule has 2 heterocycles. The van der Waals surface area contributed by atoms with Crippen molar-refractivity contribution in [1.82, 2.24) is 0 Å². The summed E-state index contributed by atoms with van der Waals surface area (Å²) < 4.78 is 20.9. The van der Waals surface area contributed by atoms with Gasteiger partial charge in [-0.15, -0.1) is 0 Å². The van der Waals surface area contributed by atoms with Gasteiger partial charge < -0.3 is 58.0 Å². The normalized spacial score (nSPS) is 15.2. The van der Waals surface area contributed by atoms with Crippen LogP contribution >= 0.6 is 0 Å². The minimum Gasteiger partial charge on any atom is -1.00 e. The summed E-state index contributed by atoms with van der Waals surface area (Å²) in [4.78, 5) is 72.2. The molecule has 0 radical (unpaired) electrons. The Morgan fingerprint density at radius 2 is 1.03 bits per heavy atom. The lowest BCUT2D eigenvalue weighted by Crippen LogP contribution is -3.00. The van der Waals surface area contributed by atoms with Crippen LogP contribution in [0.15, 0.2) is 78.9 Å². The molecule has 2 aliphatic heterocycles. The molecule has 3 aromatic rings. The van der Waals surface area contributed by atoms with E-state index in [0.29, 0.717) is 48.7 Å². The van der Waals surface area contributed by atoms with E-state index < -0.39 is 35.7 Å². The second-order valence-corrected chi connectivity index (χ2v) is 14.7. The number of halogens is 1. The quantitative estimate of drug-likeness (QED) is 0.0778. The summed E-state index contributed by atoms with van der Waals surface area (Å²) in [5.41, 5.74) is 10.0. The summed E-state index contributed by atoms with van der Waals surface area (Å²) in [5.74, 6) is -2.29. The summed E-state index contributed by atoms with van der Waals surface area (Å²) in [5, 5.41) is 0. The fourth-order valence-electron chi connectivity index (χ4n) is 6.80. The van der Waals surface area contributed by atoms with E-state index in [9.17, 15) is 28.8 Å². The van der Waals surface area contributed by atoms with Crippen molar-refractivity contribution in [2.24, 2.45) is 0 Å². The number of Topliss-reactive ketones (excluding diaryl/α,β-unsaturated/α-hetero) is 2. The summed E-state index contributed by atoms with van der Waals surface area (Å²) in [6, 6.07) is 24.9. The van der Waals surface area contributed by atoms with E-state index >= 15 is 0 Å². The van der Waals surface area contributed by atoms with Crippen LogP contribution in [0.3, 0.4) is 0 Å². The van der Waals surface area contributed by atoms with Crippen molar-refractivity contribution in [2.75, 3.05) is 70.3 Å². The van der Waals surface area contributed by atoms with E-state index in [4.69, 9.17) is 24.7 Å². The maximum Gasteiger partial charge on any atom is 0.313 e. The highest BCUT2D eigenvalue weighted by Gasteiger charge is 2.29. The first-order valence-electron chi connectivity index (χ1n) is 20.6. The van der Waals surface area contributed by atoms with Gasteiger partial charge in [-0.3, -0.25) is 28.8 Å². The van der Waals surface area contributed by atoms with Gasteiger partial charge in [0.25, 0.3) is 0 Å². The molecule has 3 aromatic carbocycles. The van der Waals surface area contributed by atoms with E-state index in [1.807, 2.05) is 30.3 Å². The first-order chi connectivity index (χ1) is 28.3. The molecule has 13 nitrogen and oxygen atoms in total. The molecule has 0 saturated carbocycles. The Bertz CT molecular complexity index is 1780. The number of ketones is 2. The maximum absolute atomic E-state index is 12.2. The molecule has 0 bridgehead atoms. The van der Waals surface area contributed by atoms with Crippen LogP contribution in [0.2, 0.25) is 0 Å². The van der Waals surface area contributed by atoms with Gasteiger partial charge in [0.2, 0.25) is 0 Å². The van der Waals surface area contributed by atoms with Crippen LogP contribution in [-0.2, 0) is 54.3 Å². The minimum absolute atomic E-state index is 0. The number of hydrogen-bond donors (Lipinski definition) is 1. The number of piperidine rings is 2. The van der Waals surface area contributed by atoms with Crippen LogP contribution in [0.25, 0.3) is 0 Å². The van der Waals surface area contributed by atoms with Crippen molar-refractivity contribution in [1.29, 1.82) is 0 Å². The van der Waals surface area contributed by atoms with E-state index in [1.165, 1.54) is 5.56 Å². The first-order valence-corrected chi connectivity index (χ1v) is 20.6. The molecule has 2 N–H and O–H groups in total. The zero-order chi connectivity index (χ0) is 43.2. The molecule has 5 rings (SSSR count). The van der Waals surface area contributed by atoms with Gasteiger partial charge in [-0.05, 0) is 63.1 Å². The molecule has 60 heavy (non-hydrogen) atoms. The molecule has 0 aliphatic carbocycles. The number of anilines is 2. The summed E-state index contributed by atoms with van der Waals surface area (Å²) in [6.45, 7) is 12.5. The predicted octanol–water partition coefficient (Wildman–Crippen LogP) is 3.32. The number of rotatable bonds is 15. The number of carbonyl (C=O) groups is 6. The highest BCUT2D eigenvalue weighted by Crippen LogP contribution is 2.27. The fraction of sp³-hybridized carbons (Fsp3) is 0.478. The standard InChI is InChI=1S/C19H25NO5.C14H19NO4.C13H18NO.HI/c1-3-24-18(22)13-17(19(23)25-4-2)14-5-7-15(8-6-14)20-11-9-16(21)10-12-20;1-3-18-13(16)9-12(14(17)19-4-2)10-5-7-11(15)8-6-10;1-14(9-7-13(15)8-10-14)11-12-5-3-2-4-6-12;/h5-8,17H,3-4,9-13H2,1-2H3;5-8,12H,3-4,9,15H2,1-2H3;2-6H,7-11H2,1H3;1H/q;;+1;/p-1. The Balaban J connectivity index is 0.000000318. The van der Waals surface area contributed by atoms with Gasteiger partial charge in [0.15, 0.2) is 0 Å². The maximum atomic E-state index is 12.2. The number of benzene rings is 3. The van der Waals surface area contributed by atoms with E-state index in [1.54, 1.807) is 52.0 Å². The molecule has 2 atom stereocenters. The lowest BCUT2D eigenvalue weighted by molar-refractivity contribution is -0.923. The molecule has 0 spiro atoms. The molecule has 2 fully saturated rings. The van der Waals surface area contributed by atoms with Crippen molar-refractivity contribution in [3.05, 3.63) is 95.6 Å². The van der Waals surface area contributed by atoms with Crippen LogP contribution < -0.4 is 34.6 Å². The van der Waals surface area contributed by atoms with Gasteiger partial charge >= 0.3 is 23.9 Å². The summed E-state index contributed by atoms with van der Waals surface area (Å²) in [6.07, 6.45) is 2.57. The zero-order valence-electron chi connectivity index (χ0n) is 35.7. The third-order valence-electron chi connectivity index (χ3n) is 10.1. The SMILES string of the molecule is CCOC(=O)CC(C(=O)OCC)c1ccc(N)cc1.CCOC(=O)CC(C(=O)OCC)c1ccc(N2CCC(=O)CC2)cc1.C[N+]1(Cc2ccccc2)CCC(=O)CC1.[I-]. The zero-order valence-corrected chi connectivity index (χ0v) is 37.9. The fourth-order valence-corrected chi connectivity index (χ4v) is 6.80. The average molecular weight is 944 g/mol. The van der Waals surface area contributed by atoms with Gasteiger partial charge in [-0.1, -0.05) is 54.6 Å². The highest BCUT2D eigenvalue weighted by atomic mass is 127. The number of ether oxygens (including phenoxy) is 4. The van der Waals surface area contributed by atoms with Crippen molar-refractivity contribution in [2.45, 2.75) is 84.6 Å². The van der Waals surface area contributed by atoms with Gasteiger partial charge in [0, 0.05) is 42.9 Å². The van der Waals surface area contributed by atoms with Gasteiger partial charge in [0.1, 0.15) is 18.1 Å². The van der Waals surface area contributed by atoms with Crippen LogP contribution in [-0.4, -0.2) is 99.6 Å². The lowest BCUT2D eigenvalue weighted by Gasteiger charge is -2.37. The van der Waals surface area contributed by atoms with Crippen LogP contribution in [0, 0.1) is 0 Å². The van der Waals surface area contributed by atoms with Crippen molar-refractivity contribution in [3.63, 3.8) is 0 Å². The van der Waals surface area contributed by atoms with Gasteiger partial charge in [-0.25, -0.2) is 0 Å². The Labute approximate surface area is 371 Å². The number of quaternary nitrogens is 1.